The van der Waals surface area contributed by atoms with Gasteiger partial charge in [0.15, 0.2) is 5.82 Å². The van der Waals surface area contributed by atoms with E-state index < -0.39 is 11.7 Å². The minimum Gasteiger partial charge on any atom is -0.339 e. The average Bonchev–Trinajstić information content (AvgIpc) is 3.07. The molecule has 1 fully saturated rings. The second-order valence-corrected chi connectivity index (χ2v) is 7.56. The Labute approximate surface area is 182 Å². The first-order valence-electron chi connectivity index (χ1n) is 10.1. The molecule has 1 saturated heterocycles. The largest absolute Gasteiger partial charge is 0.417 e. The molecule has 0 spiro atoms. The SMILES string of the molecule is Cc1nn(-c2ccc(C(F)(F)F)cn2)c(C)c1CC(=O)N1CCN(c2ncccn2)CC1. The fraction of sp³-hybridized carbons (Fsp3) is 0.381. The maximum Gasteiger partial charge on any atom is 0.417 e. The molecular weight excluding hydrogens is 423 g/mol. The molecule has 11 heteroatoms. The Balaban J connectivity index is 1.44. The molecule has 3 aromatic heterocycles. The van der Waals surface area contributed by atoms with Crippen LogP contribution in [0.1, 0.15) is 22.5 Å². The summed E-state index contributed by atoms with van der Waals surface area (Å²) in [5.74, 6) is 0.898. The molecule has 8 nitrogen and oxygen atoms in total. The lowest BCUT2D eigenvalue weighted by molar-refractivity contribution is -0.137. The van der Waals surface area contributed by atoms with Crippen molar-refractivity contribution in [2.24, 2.45) is 0 Å². The van der Waals surface area contributed by atoms with E-state index >= 15 is 0 Å². The van der Waals surface area contributed by atoms with Gasteiger partial charge in [-0.15, -0.1) is 0 Å². The number of aryl methyl sites for hydroxylation is 1. The molecule has 0 unspecified atom stereocenters. The number of anilines is 1. The summed E-state index contributed by atoms with van der Waals surface area (Å²) in [5, 5.41) is 4.40. The normalized spacial score (nSPS) is 14.7. The van der Waals surface area contributed by atoms with Gasteiger partial charge in [-0.1, -0.05) is 0 Å². The molecule has 0 atom stereocenters. The lowest BCUT2D eigenvalue weighted by Crippen LogP contribution is -2.49. The highest BCUT2D eigenvalue weighted by atomic mass is 19.4. The Kier molecular flexibility index (Phi) is 5.81. The number of alkyl halides is 3. The van der Waals surface area contributed by atoms with E-state index in [9.17, 15) is 18.0 Å². The smallest absolute Gasteiger partial charge is 0.339 e. The zero-order valence-electron chi connectivity index (χ0n) is 17.7. The van der Waals surface area contributed by atoms with E-state index in [1.54, 1.807) is 37.2 Å². The van der Waals surface area contributed by atoms with Crippen LogP contribution in [0.3, 0.4) is 0 Å². The van der Waals surface area contributed by atoms with Crippen molar-refractivity contribution in [2.75, 3.05) is 31.1 Å². The highest BCUT2D eigenvalue weighted by Crippen LogP contribution is 2.29. The summed E-state index contributed by atoms with van der Waals surface area (Å²) in [6, 6.07) is 4.01. The van der Waals surface area contributed by atoms with Gasteiger partial charge in [0.1, 0.15) is 0 Å². The Bertz CT molecular complexity index is 1090. The van der Waals surface area contributed by atoms with Crippen LogP contribution >= 0.6 is 0 Å². The number of hydrogen-bond acceptors (Lipinski definition) is 6. The molecule has 32 heavy (non-hydrogen) atoms. The second kappa shape index (κ2) is 8.56. The molecule has 4 rings (SSSR count). The Morgan fingerprint density at radius 1 is 1.03 bits per heavy atom. The Hall–Kier alpha value is -3.50. The van der Waals surface area contributed by atoms with Crippen LogP contribution in [0.5, 0.6) is 0 Å². The van der Waals surface area contributed by atoms with Crippen LogP contribution in [-0.4, -0.2) is 61.7 Å². The molecule has 4 heterocycles. The van der Waals surface area contributed by atoms with Gasteiger partial charge in [0, 0.05) is 56.0 Å². The van der Waals surface area contributed by atoms with Crippen LogP contribution in [0.25, 0.3) is 5.82 Å². The zero-order valence-corrected chi connectivity index (χ0v) is 17.7. The van der Waals surface area contributed by atoms with E-state index in [1.165, 1.54) is 10.7 Å². The standard InChI is InChI=1S/C21H22F3N7O/c1-14-17(15(2)31(28-14)18-5-4-16(13-27-18)21(22,23)24)12-19(32)29-8-10-30(11-9-29)20-25-6-3-7-26-20/h3-7,13H,8-12H2,1-2H3. The van der Waals surface area contributed by atoms with Crippen LogP contribution in [0, 0.1) is 13.8 Å². The van der Waals surface area contributed by atoms with Gasteiger partial charge in [-0.2, -0.15) is 18.3 Å². The number of aromatic nitrogens is 5. The van der Waals surface area contributed by atoms with Crippen LogP contribution < -0.4 is 4.90 Å². The predicted molar refractivity (Wildman–Crippen MR) is 110 cm³/mol. The number of nitrogens with zero attached hydrogens (tertiary/aromatic N) is 7. The summed E-state index contributed by atoms with van der Waals surface area (Å²) in [6.07, 6.45) is -0.120. The highest BCUT2D eigenvalue weighted by Gasteiger charge is 2.31. The fourth-order valence-corrected chi connectivity index (χ4v) is 3.71. The Morgan fingerprint density at radius 2 is 1.72 bits per heavy atom. The van der Waals surface area contributed by atoms with E-state index in [2.05, 4.69) is 20.1 Å². The van der Waals surface area contributed by atoms with E-state index in [1.807, 2.05) is 4.90 Å². The molecular formula is C21H22F3N7O. The third-order valence-electron chi connectivity index (χ3n) is 5.53. The maximum atomic E-state index is 12.9. The van der Waals surface area contributed by atoms with Crippen LogP contribution in [0.4, 0.5) is 19.1 Å². The molecule has 0 aliphatic carbocycles. The van der Waals surface area contributed by atoms with Crippen molar-refractivity contribution in [3.63, 3.8) is 0 Å². The van der Waals surface area contributed by atoms with Gasteiger partial charge >= 0.3 is 6.18 Å². The van der Waals surface area contributed by atoms with Gasteiger partial charge < -0.3 is 9.80 Å². The van der Waals surface area contributed by atoms with Crippen molar-refractivity contribution in [3.05, 3.63) is 59.3 Å². The zero-order chi connectivity index (χ0) is 22.9. The first-order valence-corrected chi connectivity index (χ1v) is 10.1. The van der Waals surface area contributed by atoms with Gasteiger partial charge in [-0.05, 0) is 32.0 Å². The van der Waals surface area contributed by atoms with Gasteiger partial charge in [-0.25, -0.2) is 19.6 Å². The number of amides is 1. The molecule has 1 aliphatic rings. The van der Waals surface area contributed by atoms with Crippen LogP contribution in [-0.2, 0) is 17.4 Å². The number of piperazine rings is 1. The lowest BCUT2D eigenvalue weighted by atomic mass is 10.1. The number of rotatable bonds is 4. The van der Waals surface area contributed by atoms with Crippen molar-refractivity contribution >= 4 is 11.9 Å². The molecule has 1 aliphatic heterocycles. The van der Waals surface area contributed by atoms with E-state index in [4.69, 9.17) is 0 Å². The molecule has 0 N–H and O–H groups in total. The molecule has 0 bridgehead atoms. The number of carbonyl (C=O) groups is 1. The quantitative estimate of drug-likeness (QED) is 0.614. The molecule has 1 amide bonds. The van der Waals surface area contributed by atoms with E-state index in [-0.39, 0.29) is 18.1 Å². The third kappa shape index (κ3) is 4.41. The van der Waals surface area contributed by atoms with E-state index in [0.29, 0.717) is 43.5 Å². The lowest BCUT2D eigenvalue weighted by Gasteiger charge is -2.34. The fourth-order valence-electron chi connectivity index (χ4n) is 3.71. The molecule has 3 aromatic rings. The number of halogens is 3. The molecule has 168 valence electrons. The minimum atomic E-state index is -4.45. The molecule has 0 radical (unpaired) electrons. The third-order valence-corrected chi connectivity index (χ3v) is 5.53. The monoisotopic (exact) mass is 445 g/mol. The van der Waals surface area contributed by atoms with Gasteiger partial charge in [-0.3, -0.25) is 4.79 Å². The Morgan fingerprint density at radius 3 is 2.31 bits per heavy atom. The second-order valence-electron chi connectivity index (χ2n) is 7.56. The number of hydrogen-bond donors (Lipinski definition) is 0. The summed E-state index contributed by atoms with van der Waals surface area (Å²) in [6.45, 7) is 5.96. The van der Waals surface area contributed by atoms with Gasteiger partial charge in [0.2, 0.25) is 11.9 Å². The summed E-state index contributed by atoms with van der Waals surface area (Å²) in [5.41, 5.74) is 1.26. The number of pyridine rings is 1. The van der Waals surface area contributed by atoms with Gasteiger partial charge in [0.25, 0.3) is 0 Å². The maximum absolute atomic E-state index is 12.9. The van der Waals surface area contributed by atoms with E-state index in [0.717, 1.165) is 17.8 Å². The highest BCUT2D eigenvalue weighted by molar-refractivity contribution is 5.79. The first kappa shape index (κ1) is 21.7. The summed E-state index contributed by atoms with van der Waals surface area (Å²) in [7, 11) is 0. The average molecular weight is 445 g/mol. The summed E-state index contributed by atoms with van der Waals surface area (Å²) in [4.78, 5) is 29.1. The van der Waals surface area contributed by atoms with Crippen molar-refractivity contribution < 1.29 is 18.0 Å². The van der Waals surface area contributed by atoms with Crippen molar-refractivity contribution in [1.82, 2.24) is 29.6 Å². The minimum absolute atomic E-state index is 0.0234. The van der Waals surface area contributed by atoms with Crippen LogP contribution in [0.2, 0.25) is 0 Å². The summed E-state index contributed by atoms with van der Waals surface area (Å²) < 4.78 is 39.9. The number of carbonyl (C=O) groups excluding carboxylic acids is 1. The van der Waals surface area contributed by atoms with Crippen molar-refractivity contribution in [1.29, 1.82) is 0 Å². The predicted octanol–water partition coefficient (Wildman–Crippen LogP) is 2.58. The topological polar surface area (TPSA) is 80.0 Å². The van der Waals surface area contributed by atoms with Crippen LogP contribution in [0.15, 0.2) is 36.8 Å². The first-order chi connectivity index (χ1) is 15.2. The van der Waals surface area contributed by atoms with Crippen molar-refractivity contribution in [3.8, 4) is 5.82 Å². The molecule has 0 aromatic carbocycles. The van der Waals surface area contributed by atoms with Gasteiger partial charge in [0.05, 0.1) is 17.7 Å². The summed E-state index contributed by atoms with van der Waals surface area (Å²) >= 11 is 0. The van der Waals surface area contributed by atoms with Crippen molar-refractivity contribution in [2.45, 2.75) is 26.4 Å². The molecule has 0 saturated carbocycles.